The summed E-state index contributed by atoms with van der Waals surface area (Å²) in [6.45, 7) is 2.41. The van der Waals surface area contributed by atoms with Gasteiger partial charge in [-0.15, -0.1) is 0 Å². The minimum Gasteiger partial charge on any atom is -0.351 e. The van der Waals surface area contributed by atoms with Crippen LogP contribution in [0.3, 0.4) is 0 Å². The third-order valence-electron chi connectivity index (χ3n) is 2.73. The Kier molecular flexibility index (Phi) is 3.80. The average molecular weight is 384 g/mol. The first-order valence-corrected chi connectivity index (χ1v) is 8.58. The molecule has 1 unspecified atom stereocenters. The van der Waals surface area contributed by atoms with Gasteiger partial charge in [0, 0.05) is 23.3 Å². The number of pyridine rings is 1. The highest BCUT2D eigenvalue weighted by Crippen LogP contribution is 2.29. The maximum absolute atomic E-state index is 11.5. The Balaban J connectivity index is 2.29. The van der Waals surface area contributed by atoms with E-state index in [4.69, 9.17) is 0 Å². The smallest absolute Gasteiger partial charge is 0.154 e. The minimum atomic E-state index is -2.89. The van der Waals surface area contributed by atoms with Gasteiger partial charge in [-0.05, 0) is 44.8 Å². The summed E-state index contributed by atoms with van der Waals surface area (Å²) in [4.78, 5) is 6.36. The Morgan fingerprint density at radius 2 is 2.18 bits per heavy atom. The zero-order valence-corrected chi connectivity index (χ0v) is 13.2. The fourth-order valence-electron chi connectivity index (χ4n) is 1.93. The molecule has 1 fully saturated rings. The van der Waals surface area contributed by atoms with E-state index in [1.165, 1.54) is 0 Å². The zero-order chi connectivity index (χ0) is 12.6. The zero-order valence-electron chi connectivity index (χ0n) is 9.23. The van der Waals surface area contributed by atoms with Crippen molar-refractivity contribution >= 4 is 47.5 Å². The van der Waals surface area contributed by atoms with E-state index in [-0.39, 0.29) is 17.5 Å². The van der Waals surface area contributed by atoms with Crippen LogP contribution in [-0.2, 0) is 9.84 Å². The Bertz CT molecular complexity index is 533. The van der Waals surface area contributed by atoms with E-state index in [1.807, 2.05) is 17.9 Å². The lowest BCUT2D eigenvalue weighted by molar-refractivity contribution is 0.566. The van der Waals surface area contributed by atoms with E-state index < -0.39 is 9.84 Å². The molecule has 0 aliphatic carbocycles. The molecular weight excluding hydrogens is 372 g/mol. The Labute approximate surface area is 118 Å². The highest BCUT2D eigenvalue weighted by molar-refractivity contribution is 9.11. The van der Waals surface area contributed by atoms with E-state index in [1.54, 1.807) is 6.20 Å². The van der Waals surface area contributed by atoms with Crippen molar-refractivity contribution in [3.05, 3.63) is 21.2 Å². The Hall–Kier alpha value is -0.140. The summed E-state index contributed by atoms with van der Waals surface area (Å²) in [6.07, 6.45) is 1.72. The van der Waals surface area contributed by atoms with Gasteiger partial charge >= 0.3 is 0 Å². The fraction of sp³-hybridized carbons (Fsp3) is 0.500. The second-order valence-electron chi connectivity index (χ2n) is 4.12. The highest BCUT2D eigenvalue weighted by Gasteiger charge is 2.29. The standard InChI is InChI=1S/C10H12Br2N2O2S/c1-7-6-17(15,16)3-2-14(7)10-9(12)4-8(11)5-13-10/h4-5,7H,2-3,6H2,1H3. The highest BCUT2D eigenvalue weighted by atomic mass is 79.9. The first-order chi connectivity index (χ1) is 7.89. The summed E-state index contributed by atoms with van der Waals surface area (Å²) in [6, 6.07) is 1.87. The van der Waals surface area contributed by atoms with Crippen LogP contribution >= 0.6 is 31.9 Å². The van der Waals surface area contributed by atoms with Crippen LogP contribution in [0.25, 0.3) is 0 Å². The molecule has 1 aliphatic rings. The number of hydrogen-bond donors (Lipinski definition) is 0. The van der Waals surface area contributed by atoms with Crippen molar-refractivity contribution in [2.45, 2.75) is 13.0 Å². The van der Waals surface area contributed by atoms with E-state index in [0.717, 1.165) is 14.8 Å². The predicted molar refractivity (Wildman–Crippen MR) is 75.1 cm³/mol. The monoisotopic (exact) mass is 382 g/mol. The summed E-state index contributed by atoms with van der Waals surface area (Å²) in [7, 11) is -2.89. The molecule has 17 heavy (non-hydrogen) atoms. The summed E-state index contributed by atoms with van der Waals surface area (Å²) in [5.74, 6) is 1.19. The van der Waals surface area contributed by atoms with Crippen molar-refractivity contribution in [1.29, 1.82) is 0 Å². The van der Waals surface area contributed by atoms with Crippen molar-refractivity contribution < 1.29 is 8.42 Å². The van der Waals surface area contributed by atoms with Crippen LogP contribution in [0.15, 0.2) is 21.2 Å². The topological polar surface area (TPSA) is 50.3 Å². The number of hydrogen-bond acceptors (Lipinski definition) is 4. The fourth-order valence-corrected chi connectivity index (χ4v) is 4.70. The second-order valence-corrected chi connectivity index (χ2v) is 8.11. The second kappa shape index (κ2) is 4.85. The molecule has 94 valence electrons. The predicted octanol–water partition coefficient (Wildman–Crippen LogP) is 2.23. The van der Waals surface area contributed by atoms with Crippen molar-refractivity contribution in [3.63, 3.8) is 0 Å². The third kappa shape index (κ3) is 3.00. The van der Waals surface area contributed by atoms with Crippen LogP contribution in [0.5, 0.6) is 0 Å². The van der Waals surface area contributed by atoms with Crippen LogP contribution < -0.4 is 4.90 Å². The van der Waals surface area contributed by atoms with Crippen LogP contribution in [-0.4, -0.2) is 37.5 Å². The first kappa shape index (κ1) is 13.3. The van der Waals surface area contributed by atoms with Crippen molar-refractivity contribution in [2.75, 3.05) is 23.0 Å². The molecule has 1 aliphatic heterocycles. The van der Waals surface area contributed by atoms with Crippen molar-refractivity contribution in [2.24, 2.45) is 0 Å². The van der Waals surface area contributed by atoms with Crippen LogP contribution in [0.2, 0.25) is 0 Å². The van der Waals surface area contributed by atoms with E-state index in [0.29, 0.717) is 6.54 Å². The summed E-state index contributed by atoms with van der Waals surface area (Å²) in [5, 5.41) is 0. The molecule has 1 atom stereocenters. The number of nitrogens with zero attached hydrogens (tertiary/aromatic N) is 2. The minimum absolute atomic E-state index is 0.0428. The maximum atomic E-state index is 11.5. The van der Waals surface area contributed by atoms with Crippen LogP contribution in [0.1, 0.15) is 6.92 Å². The van der Waals surface area contributed by atoms with E-state index >= 15 is 0 Å². The summed E-state index contributed by atoms with van der Waals surface area (Å²) < 4.78 is 24.8. The molecule has 2 heterocycles. The number of anilines is 1. The van der Waals surface area contributed by atoms with Gasteiger partial charge in [-0.25, -0.2) is 13.4 Å². The maximum Gasteiger partial charge on any atom is 0.154 e. The number of aromatic nitrogens is 1. The van der Waals surface area contributed by atoms with E-state index in [9.17, 15) is 8.42 Å². The number of halogens is 2. The van der Waals surface area contributed by atoms with Crippen molar-refractivity contribution in [1.82, 2.24) is 4.98 Å². The molecule has 0 bridgehead atoms. The Morgan fingerprint density at radius 3 is 2.76 bits per heavy atom. The van der Waals surface area contributed by atoms with Gasteiger partial charge < -0.3 is 4.90 Å². The molecule has 0 N–H and O–H groups in total. The van der Waals surface area contributed by atoms with Gasteiger partial charge in [-0.2, -0.15) is 0 Å². The molecule has 0 aromatic carbocycles. The molecular formula is C10H12Br2N2O2S. The molecule has 2 rings (SSSR count). The molecule has 1 saturated heterocycles. The molecule has 4 nitrogen and oxygen atoms in total. The lowest BCUT2D eigenvalue weighted by atomic mass is 10.3. The summed E-state index contributed by atoms with van der Waals surface area (Å²) >= 11 is 6.80. The molecule has 0 spiro atoms. The molecule has 0 saturated carbocycles. The SMILES string of the molecule is CC1CS(=O)(=O)CCN1c1ncc(Br)cc1Br. The van der Waals surface area contributed by atoms with Crippen LogP contribution in [0, 0.1) is 0 Å². The summed E-state index contributed by atoms with van der Waals surface area (Å²) in [5.41, 5.74) is 0. The quantitative estimate of drug-likeness (QED) is 0.746. The molecule has 7 heteroatoms. The normalized spacial score (nSPS) is 23.7. The molecule has 1 aromatic rings. The largest absolute Gasteiger partial charge is 0.351 e. The lowest BCUT2D eigenvalue weighted by Gasteiger charge is -2.34. The Morgan fingerprint density at radius 1 is 1.47 bits per heavy atom. The molecule has 0 amide bonds. The van der Waals surface area contributed by atoms with E-state index in [2.05, 4.69) is 36.8 Å². The number of rotatable bonds is 1. The van der Waals surface area contributed by atoms with Gasteiger partial charge in [-0.3, -0.25) is 0 Å². The first-order valence-electron chi connectivity index (χ1n) is 5.17. The van der Waals surface area contributed by atoms with Gasteiger partial charge in [0.1, 0.15) is 5.82 Å². The average Bonchev–Trinajstić information content (AvgIpc) is 2.18. The van der Waals surface area contributed by atoms with Gasteiger partial charge in [0.2, 0.25) is 0 Å². The third-order valence-corrected chi connectivity index (χ3v) is 5.54. The van der Waals surface area contributed by atoms with Crippen molar-refractivity contribution in [3.8, 4) is 0 Å². The lowest BCUT2D eigenvalue weighted by Crippen LogP contribution is -2.47. The molecule has 0 radical (unpaired) electrons. The van der Waals surface area contributed by atoms with Gasteiger partial charge in [0.25, 0.3) is 0 Å². The van der Waals surface area contributed by atoms with Gasteiger partial charge in [-0.1, -0.05) is 0 Å². The van der Waals surface area contributed by atoms with Gasteiger partial charge in [0.05, 0.1) is 16.0 Å². The van der Waals surface area contributed by atoms with Gasteiger partial charge in [0.15, 0.2) is 9.84 Å². The van der Waals surface area contributed by atoms with Crippen LogP contribution in [0.4, 0.5) is 5.82 Å². The number of sulfone groups is 1. The molecule has 1 aromatic heterocycles.